The molecule has 26 heavy (non-hydrogen) atoms. The van der Waals surface area contributed by atoms with Gasteiger partial charge in [-0.15, -0.1) is 0 Å². The summed E-state index contributed by atoms with van der Waals surface area (Å²) in [6.07, 6.45) is -3.85. The molecule has 0 spiro atoms. The Balaban J connectivity index is 1.84. The average Bonchev–Trinajstić information content (AvgIpc) is 2.60. The first-order valence-corrected chi connectivity index (χ1v) is 8.66. The van der Waals surface area contributed by atoms with Crippen LogP contribution in [0.15, 0.2) is 24.3 Å². The second-order valence-electron chi connectivity index (χ2n) is 6.83. The maximum atomic E-state index is 12.8. The molecule has 0 aliphatic carbocycles. The highest BCUT2D eigenvalue weighted by Gasteiger charge is 2.42. The maximum Gasteiger partial charge on any atom is 0.393 e. The third kappa shape index (κ3) is 5.64. The molecular formula is C18H24F3N3O2. The van der Waals surface area contributed by atoms with E-state index in [-0.39, 0.29) is 31.3 Å². The quantitative estimate of drug-likeness (QED) is 0.846. The number of anilines is 1. The van der Waals surface area contributed by atoms with Gasteiger partial charge in [0.2, 0.25) is 5.91 Å². The molecule has 1 aromatic carbocycles. The van der Waals surface area contributed by atoms with E-state index in [9.17, 15) is 22.8 Å². The Morgan fingerprint density at radius 2 is 1.88 bits per heavy atom. The van der Waals surface area contributed by atoms with Crippen molar-refractivity contribution in [3.8, 4) is 0 Å². The number of alkyl halides is 3. The molecule has 0 bridgehead atoms. The van der Waals surface area contributed by atoms with Gasteiger partial charge in [0.05, 0.1) is 5.92 Å². The molecule has 1 atom stereocenters. The van der Waals surface area contributed by atoms with E-state index in [0.29, 0.717) is 18.7 Å². The average molecular weight is 371 g/mol. The van der Waals surface area contributed by atoms with Crippen LogP contribution in [0, 0.1) is 11.8 Å². The van der Waals surface area contributed by atoms with Crippen molar-refractivity contribution < 1.29 is 22.8 Å². The smallest absolute Gasteiger partial charge is 0.334 e. The maximum absolute atomic E-state index is 12.8. The molecule has 3 amide bonds. The Morgan fingerprint density at radius 1 is 1.23 bits per heavy atom. The van der Waals surface area contributed by atoms with E-state index in [0.717, 1.165) is 5.56 Å². The number of carbonyl (C=O) groups excluding carboxylic acids is 2. The number of hydrogen-bond donors (Lipinski definition) is 2. The zero-order valence-corrected chi connectivity index (χ0v) is 14.9. The topological polar surface area (TPSA) is 61.4 Å². The number of halogens is 3. The lowest BCUT2D eigenvalue weighted by molar-refractivity contribution is -0.184. The van der Waals surface area contributed by atoms with E-state index in [2.05, 4.69) is 10.6 Å². The molecule has 0 radical (unpaired) electrons. The van der Waals surface area contributed by atoms with Crippen molar-refractivity contribution in [1.82, 2.24) is 10.2 Å². The largest absolute Gasteiger partial charge is 0.393 e. The Kier molecular flexibility index (Phi) is 6.50. The summed E-state index contributed by atoms with van der Waals surface area (Å²) in [7, 11) is 0. The van der Waals surface area contributed by atoms with Gasteiger partial charge in [-0.25, -0.2) is 4.79 Å². The molecule has 1 aliphatic heterocycles. The fraction of sp³-hybridized carbons (Fsp3) is 0.556. The first-order chi connectivity index (χ1) is 12.2. The number of rotatable bonds is 4. The van der Waals surface area contributed by atoms with Crippen LogP contribution in [0.5, 0.6) is 0 Å². The summed E-state index contributed by atoms with van der Waals surface area (Å²) in [5.74, 6) is -1.67. The molecule has 2 rings (SSSR count). The van der Waals surface area contributed by atoms with E-state index in [1.165, 1.54) is 4.90 Å². The van der Waals surface area contributed by atoms with Gasteiger partial charge in [0.1, 0.15) is 0 Å². The van der Waals surface area contributed by atoms with Crippen LogP contribution in [0.2, 0.25) is 0 Å². The number of hydrogen-bond acceptors (Lipinski definition) is 2. The second-order valence-corrected chi connectivity index (χ2v) is 6.83. The van der Waals surface area contributed by atoms with Crippen molar-refractivity contribution in [2.75, 3.05) is 18.4 Å². The number of carbonyl (C=O) groups is 2. The standard InChI is InChI=1S/C18H24F3N3O2/c1-12(2)16(25)23-15-7-5-13(6-8-15)10-22-17(26)24-9-3-4-14(11-24)18(19,20)21/h5-8,12,14H,3-4,9-11H2,1-2H3,(H,22,26)(H,23,25)/t14-/m1/s1. The number of nitrogens with one attached hydrogen (secondary N) is 2. The fourth-order valence-corrected chi connectivity index (χ4v) is 2.71. The molecule has 0 saturated carbocycles. The molecule has 1 heterocycles. The van der Waals surface area contributed by atoms with Gasteiger partial charge in [-0.3, -0.25) is 4.79 Å². The minimum atomic E-state index is -4.27. The summed E-state index contributed by atoms with van der Waals surface area (Å²) in [6, 6.07) is 6.47. The molecule has 1 fully saturated rings. The molecule has 8 heteroatoms. The normalized spacial score (nSPS) is 17.9. The summed E-state index contributed by atoms with van der Waals surface area (Å²) in [5.41, 5.74) is 1.45. The lowest BCUT2D eigenvalue weighted by Crippen LogP contribution is -2.48. The van der Waals surface area contributed by atoms with Crippen molar-refractivity contribution in [3.63, 3.8) is 0 Å². The molecule has 1 aliphatic rings. The van der Waals surface area contributed by atoms with Crippen molar-refractivity contribution in [2.45, 2.75) is 39.4 Å². The van der Waals surface area contributed by atoms with Crippen LogP contribution in [0.1, 0.15) is 32.3 Å². The van der Waals surface area contributed by atoms with Crippen LogP contribution in [0.25, 0.3) is 0 Å². The minimum Gasteiger partial charge on any atom is -0.334 e. The molecule has 0 aromatic heterocycles. The summed E-state index contributed by atoms with van der Waals surface area (Å²) in [5, 5.41) is 5.41. The van der Waals surface area contributed by atoms with Gasteiger partial charge in [-0.1, -0.05) is 26.0 Å². The monoisotopic (exact) mass is 371 g/mol. The predicted molar refractivity (Wildman–Crippen MR) is 92.5 cm³/mol. The number of likely N-dealkylation sites (tertiary alicyclic amines) is 1. The molecular weight excluding hydrogens is 347 g/mol. The van der Waals surface area contributed by atoms with Gasteiger partial charge in [0, 0.05) is 31.2 Å². The van der Waals surface area contributed by atoms with E-state index >= 15 is 0 Å². The summed E-state index contributed by atoms with van der Waals surface area (Å²) < 4.78 is 38.5. The van der Waals surface area contributed by atoms with Crippen LogP contribution >= 0.6 is 0 Å². The van der Waals surface area contributed by atoms with Crippen molar-refractivity contribution in [1.29, 1.82) is 0 Å². The van der Waals surface area contributed by atoms with Crippen molar-refractivity contribution >= 4 is 17.6 Å². The third-order valence-electron chi connectivity index (χ3n) is 4.36. The Labute approximate surface area is 150 Å². The summed E-state index contributed by atoms with van der Waals surface area (Å²) in [4.78, 5) is 25.0. The highest BCUT2D eigenvalue weighted by Crippen LogP contribution is 2.33. The first-order valence-electron chi connectivity index (χ1n) is 8.66. The van der Waals surface area contributed by atoms with Gasteiger partial charge in [-0.2, -0.15) is 13.2 Å². The van der Waals surface area contributed by atoms with E-state index in [1.54, 1.807) is 38.1 Å². The second kappa shape index (κ2) is 8.42. The van der Waals surface area contributed by atoms with Crippen LogP contribution in [0.3, 0.4) is 0 Å². The van der Waals surface area contributed by atoms with Gasteiger partial charge in [0.25, 0.3) is 0 Å². The lowest BCUT2D eigenvalue weighted by Gasteiger charge is -2.33. The highest BCUT2D eigenvalue weighted by molar-refractivity contribution is 5.92. The van der Waals surface area contributed by atoms with E-state index in [1.807, 2.05) is 0 Å². The zero-order valence-electron chi connectivity index (χ0n) is 14.9. The number of piperidine rings is 1. The van der Waals surface area contributed by atoms with Crippen LogP contribution in [0.4, 0.5) is 23.7 Å². The summed E-state index contributed by atoms with van der Waals surface area (Å²) in [6.45, 7) is 3.84. The molecule has 0 unspecified atom stereocenters. The zero-order chi connectivity index (χ0) is 19.3. The van der Waals surface area contributed by atoms with E-state index in [4.69, 9.17) is 0 Å². The fourth-order valence-electron chi connectivity index (χ4n) is 2.71. The Hall–Kier alpha value is -2.25. The van der Waals surface area contributed by atoms with Gasteiger partial charge >= 0.3 is 12.2 Å². The number of benzene rings is 1. The van der Waals surface area contributed by atoms with Gasteiger partial charge in [-0.05, 0) is 30.5 Å². The van der Waals surface area contributed by atoms with Gasteiger partial charge < -0.3 is 15.5 Å². The number of amides is 3. The molecule has 144 valence electrons. The summed E-state index contributed by atoms with van der Waals surface area (Å²) >= 11 is 0. The lowest BCUT2D eigenvalue weighted by atomic mass is 9.98. The molecule has 1 aromatic rings. The Morgan fingerprint density at radius 3 is 2.46 bits per heavy atom. The van der Waals surface area contributed by atoms with Crippen LogP contribution in [-0.2, 0) is 11.3 Å². The number of nitrogens with zero attached hydrogens (tertiary/aromatic N) is 1. The number of urea groups is 1. The first kappa shape index (κ1) is 20.1. The highest BCUT2D eigenvalue weighted by atomic mass is 19.4. The SMILES string of the molecule is CC(C)C(=O)Nc1ccc(CNC(=O)N2CCC[C@@H](C(F)(F)F)C2)cc1. The Bertz CT molecular complexity index is 630. The van der Waals surface area contributed by atoms with Crippen LogP contribution in [-0.4, -0.2) is 36.1 Å². The third-order valence-corrected chi connectivity index (χ3v) is 4.36. The minimum absolute atomic E-state index is 0.0663. The predicted octanol–water partition coefficient (Wildman–Crippen LogP) is 3.77. The molecule has 2 N–H and O–H groups in total. The molecule has 1 saturated heterocycles. The van der Waals surface area contributed by atoms with Crippen LogP contribution < -0.4 is 10.6 Å². The van der Waals surface area contributed by atoms with Crippen molar-refractivity contribution in [2.24, 2.45) is 11.8 Å². The van der Waals surface area contributed by atoms with E-state index < -0.39 is 18.1 Å². The van der Waals surface area contributed by atoms with Gasteiger partial charge in [0.15, 0.2) is 0 Å². The molecule has 5 nitrogen and oxygen atoms in total. The van der Waals surface area contributed by atoms with Crippen molar-refractivity contribution in [3.05, 3.63) is 29.8 Å².